The smallest absolute Gasteiger partial charge is 0.0547 e. The Kier molecular flexibility index (Phi) is 7.20. The highest BCUT2D eigenvalue weighted by Crippen LogP contribution is 2.18. The first-order chi connectivity index (χ1) is 6.45. The Hall–Kier alpha value is -0.0800. The lowest BCUT2D eigenvalue weighted by atomic mass is 9.93. The van der Waals surface area contributed by atoms with Crippen LogP contribution in [-0.4, -0.2) is 26.3 Å². The first-order valence-corrected chi connectivity index (χ1v) is 5.72. The number of ether oxygens (including phenoxy) is 1. The highest BCUT2D eigenvalue weighted by molar-refractivity contribution is 4.61. The molecule has 0 aliphatic heterocycles. The van der Waals surface area contributed by atoms with E-state index >= 15 is 0 Å². The molecule has 0 fully saturated rings. The lowest BCUT2D eigenvalue weighted by molar-refractivity contribution is 0.0431. The molecule has 0 aliphatic carbocycles. The second-order valence-electron chi connectivity index (χ2n) is 5.24. The maximum Gasteiger partial charge on any atom is 0.0547 e. The molecule has 2 nitrogen and oxygen atoms in total. The summed E-state index contributed by atoms with van der Waals surface area (Å²) in [6.07, 6.45) is 3.91. The minimum atomic E-state index is 0.394. The van der Waals surface area contributed by atoms with Gasteiger partial charge in [-0.3, -0.25) is 0 Å². The van der Waals surface area contributed by atoms with Gasteiger partial charge in [-0.1, -0.05) is 20.8 Å². The average Bonchev–Trinajstić information content (AvgIpc) is 2.02. The third-order valence-electron chi connectivity index (χ3n) is 2.29. The van der Waals surface area contributed by atoms with Crippen LogP contribution in [0.4, 0.5) is 0 Å². The number of hydrogen-bond donors (Lipinski definition) is 1. The molecule has 1 atom stereocenters. The van der Waals surface area contributed by atoms with Gasteiger partial charge < -0.3 is 10.1 Å². The zero-order chi connectivity index (χ0) is 11.0. The average molecular weight is 201 g/mol. The molecular weight excluding hydrogens is 174 g/mol. The molecule has 0 amide bonds. The minimum Gasteiger partial charge on any atom is -0.378 e. The summed E-state index contributed by atoms with van der Waals surface area (Å²) in [5.74, 6) is 0. The molecule has 0 rings (SSSR count). The Morgan fingerprint density at radius 2 is 1.93 bits per heavy atom. The van der Waals surface area contributed by atoms with E-state index < -0.39 is 0 Å². The van der Waals surface area contributed by atoms with Crippen molar-refractivity contribution in [2.24, 2.45) is 5.41 Å². The van der Waals surface area contributed by atoms with E-state index in [9.17, 15) is 0 Å². The predicted molar refractivity (Wildman–Crippen MR) is 62.6 cm³/mol. The summed E-state index contributed by atoms with van der Waals surface area (Å²) in [5, 5.41) is 3.15. The molecule has 1 N–H and O–H groups in total. The second-order valence-corrected chi connectivity index (χ2v) is 5.24. The Bertz CT molecular complexity index is 129. The van der Waals surface area contributed by atoms with Gasteiger partial charge in [0.1, 0.15) is 0 Å². The van der Waals surface area contributed by atoms with Crippen molar-refractivity contribution in [3.05, 3.63) is 0 Å². The van der Waals surface area contributed by atoms with E-state index in [-0.39, 0.29) is 0 Å². The molecule has 86 valence electrons. The third-order valence-corrected chi connectivity index (χ3v) is 2.29. The van der Waals surface area contributed by atoms with E-state index in [0.29, 0.717) is 11.5 Å². The van der Waals surface area contributed by atoms with Crippen LogP contribution in [0.1, 0.15) is 47.0 Å². The van der Waals surface area contributed by atoms with Gasteiger partial charge in [-0.25, -0.2) is 0 Å². The number of nitrogens with one attached hydrogen (secondary N) is 1. The van der Waals surface area contributed by atoms with Crippen LogP contribution in [0.15, 0.2) is 0 Å². The Morgan fingerprint density at radius 3 is 2.43 bits per heavy atom. The molecule has 14 heavy (non-hydrogen) atoms. The highest BCUT2D eigenvalue weighted by atomic mass is 16.5. The van der Waals surface area contributed by atoms with Crippen molar-refractivity contribution in [2.45, 2.75) is 53.1 Å². The Morgan fingerprint density at radius 1 is 1.29 bits per heavy atom. The first-order valence-electron chi connectivity index (χ1n) is 5.72. The van der Waals surface area contributed by atoms with Gasteiger partial charge in [-0.2, -0.15) is 0 Å². The molecular formula is C12H27NO. The van der Waals surface area contributed by atoms with Crippen molar-refractivity contribution in [3.63, 3.8) is 0 Å². The van der Waals surface area contributed by atoms with Crippen LogP contribution in [0.5, 0.6) is 0 Å². The number of rotatable bonds is 7. The largest absolute Gasteiger partial charge is 0.378 e. The molecule has 0 bridgehead atoms. The fraction of sp³-hybridized carbons (Fsp3) is 1.00. The molecule has 0 heterocycles. The molecule has 0 saturated carbocycles. The molecule has 1 unspecified atom stereocenters. The summed E-state index contributed by atoms with van der Waals surface area (Å²) in [7, 11) is 1.99. The van der Waals surface area contributed by atoms with Gasteiger partial charge in [0.15, 0.2) is 0 Å². The van der Waals surface area contributed by atoms with Crippen LogP contribution in [0.2, 0.25) is 0 Å². The maximum absolute atomic E-state index is 5.74. The van der Waals surface area contributed by atoms with E-state index in [1.807, 2.05) is 7.05 Å². The quantitative estimate of drug-likeness (QED) is 0.640. The molecule has 0 radical (unpaired) electrons. The van der Waals surface area contributed by atoms with Crippen LogP contribution >= 0.6 is 0 Å². The zero-order valence-electron chi connectivity index (χ0n) is 10.5. The summed E-state index contributed by atoms with van der Waals surface area (Å²) < 4.78 is 5.74. The normalized spacial score (nSPS) is 14.4. The topological polar surface area (TPSA) is 21.3 Å². The molecule has 0 spiro atoms. The van der Waals surface area contributed by atoms with Crippen molar-refractivity contribution in [3.8, 4) is 0 Å². The number of hydrogen-bond acceptors (Lipinski definition) is 2. The van der Waals surface area contributed by atoms with Crippen molar-refractivity contribution in [1.29, 1.82) is 0 Å². The summed E-state index contributed by atoms with van der Waals surface area (Å²) in [5.41, 5.74) is 0.394. The van der Waals surface area contributed by atoms with Crippen molar-refractivity contribution in [2.75, 3.05) is 20.2 Å². The first kappa shape index (κ1) is 13.9. The van der Waals surface area contributed by atoms with E-state index in [4.69, 9.17) is 4.74 Å². The van der Waals surface area contributed by atoms with E-state index in [1.54, 1.807) is 0 Å². The molecule has 0 aromatic rings. The van der Waals surface area contributed by atoms with Crippen LogP contribution in [-0.2, 0) is 4.74 Å². The summed E-state index contributed by atoms with van der Waals surface area (Å²) in [4.78, 5) is 0. The second kappa shape index (κ2) is 7.24. The predicted octanol–water partition coefficient (Wildman–Crippen LogP) is 2.83. The molecule has 0 aromatic carbocycles. The summed E-state index contributed by atoms with van der Waals surface area (Å²) >= 11 is 0. The minimum absolute atomic E-state index is 0.394. The fourth-order valence-electron chi connectivity index (χ4n) is 1.22. The van der Waals surface area contributed by atoms with Gasteiger partial charge in [0.2, 0.25) is 0 Å². The van der Waals surface area contributed by atoms with Crippen LogP contribution < -0.4 is 5.32 Å². The van der Waals surface area contributed by atoms with Gasteiger partial charge in [-0.05, 0) is 45.2 Å². The van der Waals surface area contributed by atoms with Gasteiger partial charge in [0.25, 0.3) is 0 Å². The summed E-state index contributed by atoms with van der Waals surface area (Å²) in [6, 6.07) is 0. The van der Waals surface area contributed by atoms with Crippen LogP contribution in [0, 0.1) is 5.41 Å². The monoisotopic (exact) mass is 201 g/mol. The molecule has 2 heteroatoms. The summed E-state index contributed by atoms with van der Waals surface area (Å²) in [6.45, 7) is 10.9. The maximum atomic E-state index is 5.74. The van der Waals surface area contributed by atoms with Gasteiger partial charge in [0, 0.05) is 6.61 Å². The lowest BCUT2D eigenvalue weighted by Crippen LogP contribution is -2.16. The van der Waals surface area contributed by atoms with E-state index in [2.05, 4.69) is 33.0 Å². The van der Waals surface area contributed by atoms with E-state index in [0.717, 1.165) is 26.0 Å². The van der Waals surface area contributed by atoms with Gasteiger partial charge in [0.05, 0.1) is 6.10 Å². The van der Waals surface area contributed by atoms with Crippen LogP contribution in [0.25, 0.3) is 0 Å². The van der Waals surface area contributed by atoms with E-state index in [1.165, 1.54) is 6.42 Å². The Labute approximate surface area is 89.4 Å². The molecule has 0 saturated heterocycles. The fourth-order valence-corrected chi connectivity index (χ4v) is 1.22. The SMILES string of the molecule is CNCCCC(C)OCCC(C)(C)C. The molecule has 0 aliphatic rings. The third kappa shape index (κ3) is 10.0. The Balaban J connectivity index is 3.31. The zero-order valence-corrected chi connectivity index (χ0v) is 10.5. The van der Waals surface area contributed by atoms with Gasteiger partial charge in [-0.15, -0.1) is 0 Å². The van der Waals surface area contributed by atoms with Crippen LogP contribution in [0.3, 0.4) is 0 Å². The standard InChI is InChI=1S/C12H27NO/c1-11(7-6-9-13-5)14-10-8-12(2,3)4/h11,13H,6-10H2,1-5H3. The highest BCUT2D eigenvalue weighted by Gasteiger charge is 2.10. The molecule has 0 aromatic heterocycles. The lowest BCUT2D eigenvalue weighted by Gasteiger charge is -2.20. The van der Waals surface area contributed by atoms with Crippen molar-refractivity contribution < 1.29 is 4.74 Å². The van der Waals surface area contributed by atoms with Gasteiger partial charge >= 0.3 is 0 Å². The van der Waals surface area contributed by atoms with Crippen molar-refractivity contribution >= 4 is 0 Å². The van der Waals surface area contributed by atoms with Crippen molar-refractivity contribution in [1.82, 2.24) is 5.32 Å².